The highest BCUT2D eigenvalue weighted by atomic mass is 16.5. The van der Waals surface area contributed by atoms with Gasteiger partial charge in [-0.25, -0.2) is 0 Å². The topological polar surface area (TPSA) is 41.5 Å². The largest absolute Gasteiger partial charge is 0.508 e. The molecule has 0 amide bonds. The van der Waals surface area contributed by atoms with Crippen molar-refractivity contribution in [1.29, 1.82) is 0 Å². The number of rotatable bonds is 1. The lowest BCUT2D eigenvalue weighted by molar-refractivity contribution is 0.230. The molecule has 0 spiro atoms. The zero-order valence-corrected chi connectivity index (χ0v) is 10.1. The van der Waals surface area contributed by atoms with Crippen LogP contribution in [0.25, 0.3) is 0 Å². The van der Waals surface area contributed by atoms with Crippen molar-refractivity contribution in [3.05, 3.63) is 23.8 Å². The fourth-order valence-electron chi connectivity index (χ4n) is 2.05. The molecule has 2 rings (SSSR count). The summed E-state index contributed by atoms with van der Waals surface area (Å²) in [5, 5.41) is 13.0. The Morgan fingerprint density at radius 3 is 2.81 bits per heavy atom. The maximum absolute atomic E-state index is 9.41. The van der Waals surface area contributed by atoms with Gasteiger partial charge in [-0.15, -0.1) is 0 Å². The third kappa shape index (κ3) is 2.47. The average Bonchev–Trinajstić information content (AvgIpc) is 2.15. The molecule has 0 saturated carbocycles. The molecule has 0 radical (unpaired) electrons. The van der Waals surface area contributed by atoms with Crippen molar-refractivity contribution in [2.75, 3.05) is 6.61 Å². The van der Waals surface area contributed by atoms with Crippen LogP contribution in [-0.4, -0.2) is 17.3 Å². The number of phenolic OH excluding ortho intramolecular Hbond substituents is 1. The number of nitrogens with one attached hydrogen (secondary N) is 1. The Morgan fingerprint density at radius 2 is 2.12 bits per heavy atom. The summed E-state index contributed by atoms with van der Waals surface area (Å²) < 4.78 is 5.55. The predicted octanol–water partition coefficient (Wildman–Crippen LogP) is 2.60. The van der Waals surface area contributed by atoms with E-state index in [-0.39, 0.29) is 11.3 Å². The quantitative estimate of drug-likeness (QED) is 0.766. The molecule has 1 aliphatic heterocycles. The first-order valence-corrected chi connectivity index (χ1v) is 5.69. The summed E-state index contributed by atoms with van der Waals surface area (Å²) in [6.07, 6.45) is 0.967. The van der Waals surface area contributed by atoms with Crippen molar-refractivity contribution in [2.45, 2.75) is 38.8 Å². The molecule has 16 heavy (non-hydrogen) atoms. The summed E-state index contributed by atoms with van der Waals surface area (Å²) in [5.41, 5.74) is 1.22. The van der Waals surface area contributed by atoms with E-state index < -0.39 is 0 Å². The minimum Gasteiger partial charge on any atom is -0.508 e. The molecule has 0 aliphatic carbocycles. The number of fused-ring (bicyclic) bond motifs is 1. The van der Waals surface area contributed by atoms with Crippen LogP contribution >= 0.6 is 0 Å². The van der Waals surface area contributed by atoms with Gasteiger partial charge in [-0.1, -0.05) is 6.07 Å². The van der Waals surface area contributed by atoms with E-state index in [1.807, 2.05) is 6.07 Å². The number of hydrogen-bond donors (Lipinski definition) is 2. The van der Waals surface area contributed by atoms with Crippen LogP contribution in [0.5, 0.6) is 11.5 Å². The lowest BCUT2D eigenvalue weighted by Gasteiger charge is -2.32. The van der Waals surface area contributed by atoms with Gasteiger partial charge in [0.25, 0.3) is 0 Å². The Morgan fingerprint density at radius 1 is 1.38 bits per heavy atom. The molecule has 1 aliphatic rings. The molecule has 0 saturated heterocycles. The maximum atomic E-state index is 9.41. The van der Waals surface area contributed by atoms with Gasteiger partial charge in [0.05, 0.1) is 6.61 Å². The van der Waals surface area contributed by atoms with Gasteiger partial charge < -0.3 is 15.2 Å². The Bertz CT molecular complexity index is 382. The molecule has 3 nitrogen and oxygen atoms in total. The molecule has 1 aromatic rings. The van der Waals surface area contributed by atoms with Crippen molar-refractivity contribution in [2.24, 2.45) is 0 Å². The minimum absolute atomic E-state index is 0.0805. The van der Waals surface area contributed by atoms with Gasteiger partial charge in [-0.05, 0) is 26.8 Å². The number of benzene rings is 1. The summed E-state index contributed by atoms with van der Waals surface area (Å²) in [4.78, 5) is 0. The second kappa shape index (κ2) is 3.98. The summed E-state index contributed by atoms with van der Waals surface area (Å²) in [5.74, 6) is 1.06. The standard InChI is InChI=1S/C13H19NO2/c1-13(2,3)14-11-6-7-16-12-8-9(15)4-5-10(11)12/h4-5,8,11,14-15H,6-7H2,1-3H3. The second-order valence-electron chi connectivity index (χ2n) is 5.31. The molecule has 1 aromatic carbocycles. The highest BCUT2D eigenvalue weighted by Crippen LogP contribution is 2.35. The predicted molar refractivity (Wildman–Crippen MR) is 63.8 cm³/mol. The van der Waals surface area contributed by atoms with E-state index >= 15 is 0 Å². The minimum atomic E-state index is 0.0805. The normalized spacial score (nSPS) is 20.1. The van der Waals surface area contributed by atoms with Crippen LogP contribution in [0.15, 0.2) is 18.2 Å². The van der Waals surface area contributed by atoms with Crippen LogP contribution in [0.1, 0.15) is 38.8 Å². The molecule has 1 unspecified atom stereocenters. The van der Waals surface area contributed by atoms with Crippen molar-refractivity contribution in [3.63, 3.8) is 0 Å². The Kier molecular flexibility index (Phi) is 2.80. The highest BCUT2D eigenvalue weighted by Gasteiger charge is 2.25. The summed E-state index contributed by atoms with van der Waals surface area (Å²) in [6.45, 7) is 7.16. The lowest BCUT2D eigenvalue weighted by Crippen LogP contribution is -2.40. The van der Waals surface area contributed by atoms with E-state index in [9.17, 15) is 5.11 Å². The fraction of sp³-hybridized carbons (Fsp3) is 0.538. The molecule has 0 fully saturated rings. The Labute approximate surface area is 96.4 Å². The molecule has 88 valence electrons. The van der Waals surface area contributed by atoms with Crippen molar-refractivity contribution in [3.8, 4) is 11.5 Å². The monoisotopic (exact) mass is 221 g/mol. The second-order valence-corrected chi connectivity index (χ2v) is 5.31. The average molecular weight is 221 g/mol. The van der Waals surface area contributed by atoms with Crippen molar-refractivity contribution >= 4 is 0 Å². The molecule has 3 heteroatoms. The summed E-state index contributed by atoms with van der Waals surface area (Å²) in [6, 6.07) is 5.65. The Balaban J connectivity index is 2.26. The van der Waals surface area contributed by atoms with Crippen LogP contribution in [0.4, 0.5) is 0 Å². The van der Waals surface area contributed by atoms with E-state index in [2.05, 4.69) is 26.1 Å². The van der Waals surface area contributed by atoms with E-state index in [1.54, 1.807) is 12.1 Å². The van der Waals surface area contributed by atoms with Gasteiger partial charge in [-0.3, -0.25) is 0 Å². The van der Waals surface area contributed by atoms with Crippen molar-refractivity contribution in [1.82, 2.24) is 5.32 Å². The SMILES string of the molecule is CC(C)(C)NC1CCOc2cc(O)ccc21. The first kappa shape index (κ1) is 11.3. The van der Waals surface area contributed by atoms with Gasteiger partial charge in [0.2, 0.25) is 0 Å². The van der Waals surface area contributed by atoms with E-state index in [0.717, 1.165) is 17.7 Å². The molecule has 1 atom stereocenters. The summed E-state index contributed by atoms with van der Waals surface area (Å²) in [7, 11) is 0. The Hall–Kier alpha value is -1.22. The molecule has 2 N–H and O–H groups in total. The van der Waals surface area contributed by atoms with E-state index in [4.69, 9.17) is 4.74 Å². The first-order chi connectivity index (χ1) is 7.46. The molecular weight excluding hydrogens is 202 g/mol. The number of phenols is 1. The summed E-state index contributed by atoms with van der Waals surface area (Å²) >= 11 is 0. The molecule has 0 bridgehead atoms. The number of ether oxygens (including phenoxy) is 1. The maximum Gasteiger partial charge on any atom is 0.127 e. The lowest BCUT2D eigenvalue weighted by atomic mass is 9.97. The van der Waals surface area contributed by atoms with E-state index in [0.29, 0.717) is 12.6 Å². The van der Waals surface area contributed by atoms with Crippen LogP contribution in [0.3, 0.4) is 0 Å². The third-order valence-electron chi connectivity index (χ3n) is 2.64. The van der Waals surface area contributed by atoms with Crippen molar-refractivity contribution < 1.29 is 9.84 Å². The van der Waals surface area contributed by atoms with Gasteiger partial charge in [0, 0.05) is 29.6 Å². The van der Waals surface area contributed by atoms with Gasteiger partial charge in [0.1, 0.15) is 11.5 Å². The van der Waals surface area contributed by atoms with Crippen LogP contribution in [0.2, 0.25) is 0 Å². The highest BCUT2D eigenvalue weighted by molar-refractivity contribution is 5.43. The molecule has 1 heterocycles. The third-order valence-corrected chi connectivity index (χ3v) is 2.64. The zero-order chi connectivity index (χ0) is 11.8. The number of hydrogen-bond acceptors (Lipinski definition) is 3. The van der Waals surface area contributed by atoms with Gasteiger partial charge in [-0.2, -0.15) is 0 Å². The molecular formula is C13H19NO2. The fourth-order valence-corrected chi connectivity index (χ4v) is 2.05. The van der Waals surface area contributed by atoms with Crippen LogP contribution in [0, 0.1) is 0 Å². The molecule has 0 aromatic heterocycles. The number of aromatic hydroxyl groups is 1. The van der Waals surface area contributed by atoms with Crippen LogP contribution < -0.4 is 10.1 Å². The smallest absolute Gasteiger partial charge is 0.127 e. The first-order valence-electron chi connectivity index (χ1n) is 5.69. The zero-order valence-electron chi connectivity index (χ0n) is 10.1. The van der Waals surface area contributed by atoms with Crippen LogP contribution in [-0.2, 0) is 0 Å². The van der Waals surface area contributed by atoms with E-state index in [1.165, 1.54) is 0 Å². The van der Waals surface area contributed by atoms with Gasteiger partial charge >= 0.3 is 0 Å². The van der Waals surface area contributed by atoms with Gasteiger partial charge in [0.15, 0.2) is 0 Å².